The molecule has 5 nitrogen and oxygen atoms in total. The van der Waals surface area contributed by atoms with Gasteiger partial charge < -0.3 is 14.4 Å². The Morgan fingerprint density at radius 1 is 1.07 bits per heavy atom. The quantitative estimate of drug-likeness (QED) is 0.707. The number of piperidine rings is 1. The maximum absolute atomic E-state index is 13.0. The second kappa shape index (κ2) is 9.35. The predicted molar refractivity (Wildman–Crippen MR) is 103 cm³/mol. The third kappa shape index (κ3) is 5.31. The van der Waals surface area contributed by atoms with Gasteiger partial charge in [0.25, 0.3) is 0 Å². The molecule has 0 saturated carbocycles. The van der Waals surface area contributed by atoms with Crippen molar-refractivity contribution in [2.75, 3.05) is 20.2 Å². The first kappa shape index (κ1) is 19.9. The average Bonchev–Trinajstić information content (AvgIpc) is 2.73. The fraction of sp³-hybridized carbons (Fsp3) is 0.364. The molecule has 3 rings (SSSR count). The zero-order valence-electron chi connectivity index (χ0n) is 15.9. The zero-order valence-corrected chi connectivity index (χ0v) is 15.9. The van der Waals surface area contributed by atoms with E-state index in [9.17, 15) is 14.0 Å². The number of rotatable bonds is 6. The number of aryl methyl sites for hydroxylation is 1. The van der Waals surface area contributed by atoms with Crippen molar-refractivity contribution in [3.8, 4) is 11.5 Å². The molecular formula is C22H24FNO4. The van der Waals surface area contributed by atoms with Crippen LogP contribution in [0.3, 0.4) is 0 Å². The number of ether oxygens (including phenoxy) is 2. The van der Waals surface area contributed by atoms with E-state index in [2.05, 4.69) is 0 Å². The number of nitrogens with zero attached hydrogens (tertiary/aromatic N) is 1. The Morgan fingerprint density at radius 2 is 1.79 bits per heavy atom. The standard InChI is InChI=1S/C22H24FNO4/c1-27-22(26)17-11-13-24(14-12-17)21(25)10-5-16-3-2-4-20(15-16)28-19-8-6-18(23)7-9-19/h2-4,6-9,15,17H,5,10-14H2,1H3. The minimum Gasteiger partial charge on any atom is -0.469 e. The van der Waals surface area contributed by atoms with Crippen LogP contribution in [0.25, 0.3) is 0 Å². The van der Waals surface area contributed by atoms with Gasteiger partial charge in [-0.05, 0) is 61.2 Å². The van der Waals surface area contributed by atoms with Crippen LogP contribution in [0.4, 0.5) is 4.39 Å². The molecule has 0 bridgehead atoms. The first-order valence-corrected chi connectivity index (χ1v) is 9.43. The van der Waals surface area contributed by atoms with Crippen molar-refractivity contribution in [1.29, 1.82) is 0 Å². The van der Waals surface area contributed by atoms with Crippen LogP contribution in [0.5, 0.6) is 11.5 Å². The molecule has 0 unspecified atom stereocenters. The fourth-order valence-electron chi connectivity index (χ4n) is 3.34. The third-order valence-corrected chi connectivity index (χ3v) is 4.96. The van der Waals surface area contributed by atoms with Crippen molar-refractivity contribution in [2.24, 2.45) is 5.92 Å². The Hall–Kier alpha value is -2.89. The third-order valence-electron chi connectivity index (χ3n) is 4.96. The highest BCUT2D eigenvalue weighted by Crippen LogP contribution is 2.24. The van der Waals surface area contributed by atoms with Gasteiger partial charge in [0, 0.05) is 19.5 Å². The predicted octanol–water partition coefficient (Wildman–Crippen LogP) is 3.96. The minimum atomic E-state index is -0.310. The van der Waals surface area contributed by atoms with E-state index in [1.54, 1.807) is 12.1 Å². The zero-order chi connectivity index (χ0) is 19.9. The number of benzene rings is 2. The van der Waals surface area contributed by atoms with E-state index >= 15 is 0 Å². The highest BCUT2D eigenvalue weighted by atomic mass is 19.1. The molecule has 28 heavy (non-hydrogen) atoms. The first-order chi connectivity index (χ1) is 13.5. The van der Waals surface area contributed by atoms with E-state index in [0.29, 0.717) is 50.3 Å². The molecule has 2 aromatic carbocycles. The SMILES string of the molecule is COC(=O)C1CCN(C(=O)CCc2cccc(Oc3ccc(F)cc3)c2)CC1. The van der Waals surface area contributed by atoms with Gasteiger partial charge in [-0.3, -0.25) is 9.59 Å². The lowest BCUT2D eigenvalue weighted by molar-refractivity contribution is -0.148. The van der Waals surface area contributed by atoms with Crippen LogP contribution in [0.1, 0.15) is 24.8 Å². The Balaban J connectivity index is 1.50. The molecule has 2 aromatic rings. The monoisotopic (exact) mass is 385 g/mol. The molecular weight excluding hydrogens is 361 g/mol. The Kier molecular flexibility index (Phi) is 6.63. The van der Waals surface area contributed by atoms with E-state index in [1.807, 2.05) is 29.2 Å². The van der Waals surface area contributed by atoms with Crippen molar-refractivity contribution < 1.29 is 23.5 Å². The van der Waals surface area contributed by atoms with E-state index in [-0.39, 0.29) is 23.6 Å². The topological polar surface area (TPSA) is 55.8 Å². The van der Waals surface area contributed by atoms with Crippen molar-refractivity contribution in [3.05, 3.63) is 59.9 Å². The molecule has 0 atom stereocenters. The number of halogens is 1. The number of methoxy groups -OCH3 is 1. The lowest BCUT2D eigenvalue weighted by atomic mass is 9.96. The van der Waals surface area contributed by atoms with Gasteiger partial charge >= 0.3 is 5.97 Å². The van der Waals surface area contributed by atoms with Crippen LogP contribution in [0, 0.1) is 11.7 Å². The Morgan fingerprint density at radius 3 is 2.46 bits per heavy atom. The number of esters is 1. The molecule has 1 aliphatic rings. The second-order valence-corrected chi connectivity index (χ2v) is 6.88. The average molecular weight is 385 g/mol. The highest BCUT2D eigenvalue weighted by Gasteiger charge is 2.27. The van der Waals surface area contributed by atoms with Crippen molar-refractivity contribution >= 4 is 11.9 Å². The van der Waals surface area contributed by atoms with E-state index in [1.165, 1.54) is 19.2 Å². The summed E-state index contributed by atoms with van der Waals surface area (Å²) >= 11 is 0. The van der Waals surface area contributed by atoms with E-state index in [0.717, 1.165) is 5.56 Å². The Bertz CT molecular complexity index is 814. The van der Waals surface area contributed by atoms with E-state index < -0.39 is 0 Å². The molecule has 1 amide bonds. The lowest BCUT2D eigenvalue weighted by Crippen LogP contribution is -2.40. The summed E-state index contributed by atoms with van der Waals surface area (Å²) in [5.41, 5.74) is 0.998. The van der Waals surface area contributed by atoms with Gasteiger partial charge in [0.05, 0.1) is 13.0 Å². The summed E-state index contributed by atoms with van der Waals surface area (Å²) < 4.78 is 23.5. The van der Waals surface area contributed by atoms with Crippen LogP contribution in [-0.4, -0.2) is 37.0 Å². The largest absolute Gasteiger partial charge is 0.469 e. The van der Waals surface area contributed by atoms with Gasteiger partial charge in [-0.2, -0.15) is 0 Å². The van der Waals surface area contributed by atoms with Crippen LogP contribution in [-0.2, 0) is 20.7 Å². The van der Waals surface area contributed by atoms with Crippen molar-refractivity contribution in [3.63, 3.8) is 0 Å². The molecule has 0 aromatic heterocycles. The number of hydrogen-bond donors (Lipinski definition) is 0. The molecule has 0 spiro atoms. The number of carbonyl (C=O) groups excluding carboxylic acids is 2. The lowest BCUT2D eigenvalue weighted by Gasteiger charge is -2.30. The van der Waals surface area contributed by atoms with Crippen LogP contribution >= 0.6 is 0 Å². The molecule has 1 fully saturated rings. The van der Waals surface area contributed by atoms with Crippen LogP contribution in [0.2, 0.25) is 0 Å². The molecule has 148 valence electrons. The summed E-state index contributed by atoms with van der Waals surface area (Å²) in [6, 6.07) is 13.4. The molecule has 0 radical (unpaired) electrons. The molecule has 1 heterocycles. The van der Waals surface area contributed by atoms with Crippen molar-refractivity contribution in [1.82, 2.24) is 4.90 Å². The van der Waals surface area contributed by atoms with E-state index in [4.69, 9.17) is 9.47 Å². The fourth-order valence-corrected chi connectivity index (χ4v) is 3.34. The van der Waals surface area contributed by atoms with Crippen LogP contribution in [0.15, 0.2) is 48.5 Å². The maximum Gasteiger partial charge on any atom is 0.308 e. The normalized spacial score (nSPS) is 14.6. The van der Waals surface area contributed by atoms with Gasteiger partial charge in [0.1, 0.15) is 17.3 Å². The molecule has 6 heteroatoms. The maximum atomic E-state index is 13.0. The molecule has 1 saturated heterocycles. The highest BCUT2D eigenvalue weighted by molar-refractivity contribution is 5.77. The molecule has 0 N–H and O–H groups in total. The summed E-state index contributed by atoms with van der Waals surface area (Å²) in [6.45, 7) is 1.18. The molecule has 1 aliphatic heterocycles. The van der Waals surface area contributed by atoms with Crippen molar-refractivity contribution in [2.45, 2.75) is 25.7 Å². The van der Waals surface area contributed by atoms with Gasteiger partial charge in [0.15, 0.2) is 0 Å². The van der Waals surface area contributed by atoms with Gasteiger partial charge in [-0.15, -0.1) is 0 Å². The smallest absolute Gasteiger partial charge is 0.308 e. The summed E-state index contributed by atoms with van der Waals surface area (Å²) in [4.78, 5) is 25.9. The number of hydrogen-bond acceptors (Lipinski definition) is 4. The first-order valence-electron chi connectivity index (χ1n) is 9.43. The molecule has 0 aliphatic carbocycles. The minimum absolute atomic E-state index is 0.0909. The number of amides is 1. The number of carbonyl (C=O) groups is 2. The number of likely N-dealkylation sites (tertiary alicyclic amines) is 1. The summed E-state index contributed by atoms with van der Waals surface area (Å²) in [7, 11) is 1.40. The summed E-state index contributed by atoms with van der Waals surface area (Å²) in [5.74, 6) is 0.696. The van der Waals surface area contributed by atoms with Gasteiger partial charge in [-0.1, -0.05) is 12.1 Å². The summed E-state index contributed by atoms with van der Waals surface area (Å²) in [5, 5.41) is 0. The van der Waals surface area contributed by atoms with Gasteiger partial charge in [-0.25, -0.2) is 4.39 Å². The second-order valence-electron chi connectivity index (χ2n) is 6.88. The van der Waals surface area contributed by atoms with Crippen LogP contribution < -0.4 is 4.74 Å². The van der Waals surface area contributed by atoms with Gasteiger partial charge in [0.2, 0.25) is 5.91 Å². The Labute approximate surface area is 164 Å². The summed E-state index contributed by atoms with van der Waals surface area (Å²) in [6.07, 6.45) is 2.32.